The van der Waals surface area contributed by atoms with Crippen LogP contribution in [0.4, 0.5) is 5.82 Å². The fourth-order valence-corrected chi connectivity index (χ4v) is 1.69. The maximum Gasteiger partial charge on any atom is 0.224 e. The Morgan fingerprint density at radius 1 is 1.15 bits per heavy atom. The number of anilines is 1. The van der Waals surface area contributed by atoms with Crippen molar-refractivity contribution in [1.82, 2.24) is 9.97 Å². The summed E-state index contributed by atoms with van der Waals surface area (Å²) < 4.78 is 10.8. The number of hydrogen-bond acceptors (Lipinski definition) is 6. The van der Waals surface area contributed by atoms with Crippen molar-refractivity contribution in [3.8, 4) is 11.6 Å². The van der Waals surface area contributed by atoms with E-state index in [4.69, 9.17) is 15.3 Å². The van der Waals surface area contributed by atoms with Crippen LogP contribution in [0.2, 0.25) is 0 Å². The smallest absolute Gasteiger partial charge is 0.224 e. The molecule has 0 aliphatic carbocycles. The normalized spacial score (nSPS) is 10.4. The number of ether oxygens (including phenoxy) is 2. The molecule has 0 spiro atoms. The number of hydrazine groups is 1. The van der Waals surface area contributed by atoms with Crippen LogP contribution in [0, 0.1) is 13.8 Å². The molecule has 1 aromatic carbocycles. The van der Waals surface area contributed by atoms with Crippen molar-refractivity contribution in [1.29, 1.82) is 0 Å². The molecule has 0 amide bonds. The van der Waals surface area contributed by atoms with Gasteiger partial charge >= 0.3 is 0 Å². The zero-order valence-corrected chi connectivity index (χ0v) is 11.8. The summed E-state index contributed by atoms with van der Waals surface area (Å²) in [5, 5.41) is 0. The minimum Gasteiger partial charge on any atom is -0.439 e. The van der Waals surface area contributed by atoms with E-state index in [1.165, 1.54) is 5.56 Å². The van der Waals surface area contributed by atoms with Gasteiger partial charge in [-0.15, -0.1) is 0 Å². The molecule has 0 radical (unpaired) electrons. The number of nitrogens with two attached hydrogens (primary N) is 1. The third-order valence-electron chi connectivity index (χ3n) is 2.87. The van der Waals surface area contributed by atoms with Crippen LogP contribution >= 0.6 is 0 Å². The highest BCUT2D eigenvalue weighted by molar-refractivity contribution is 5.40. The third kappa shape index (κ3) is 3.43. The molecule has 0 aliphatic heterocycles. The summed E-state index contributed by atoms with van der Waals surface area (Å²) in [7, 11) is 1.58. The van der Waals surface area contributed by atoms with Crippen molar-refractivity contribution in [2.24, 2.45) is 5.84 Å². The van der Waals surface area contributed by atoms with Crippen LogP contribution in [0.3, 0.4) is 0 Å². The van der Waals surface area contributed by atoms with Crippen molar-refractivity contribution in [3.05, 3.63) is 41.2 Å². The summed E-state index contributed by atoms with van der Waals surface area (Å²) in [4.78, 5) is 8.43. The minimum absolute atomic E-state index is 0.290. The highest BCUT2D eigenvalue weighted by Gasteiger charge is 2.07. The zero-order valence-electron chi connectivity index (χ0n) is 11.8. The van der Waals surface area contributed by atoms with Crippen molar-refractivity contribution >= 4 is 5.82 Å². The molecular formula is C14H18N4O2. The van der Waals surface area contributed by atoms with Crippen LogP contribution in [-0.4, -0.2) is 17.1 Å². The third-order valence-corrected chi connectivity index (χ3v) is 2.87. The average Bonchev–Trinajstić information content (AvgIpc) is 2.43. The molecule has 20 heavy (non-hydrogen) atoms. The van der Waals surface area contributed by atoms with Crippen molar-refractivity contribution in [3.63, 3.8) is 0 Å². The second-order valence-electron chi connectivity index (χ2n) is 4.43. The van der Waals surface area contributed by atoms with Gasteiger partial charge in [0.1, 0.15) is 18.2 Å². The molecule has 6 heteroatoms. The fraction of sp³-hybridized carbons (Fsp3) is 0.286. The lowest BCUT2D eigenvalue weighted by atomic mass is 10.1. The summed E-state index contributed by atoms with van der Waals surface area (Å²) in [6.07, 6.45) is 0. The van der Waals surface area contributed by atoms with Gasteiger partial charge in [0.25, 0.3) is 0 Å². The average molecular weight is 274 g/mol. The molecular weight excluding hydrogens is 256 g/mol. The lowest BCUT2D eigenvalue weighted by Gasteiger charge is -2.10. The molecule has 0 fully saturated rings. The molecule has 3 N–H and O–H groups in total. The number of benzene rings is 1. The standard InChI is InChI=1S/C14H18N4O2/c1-9-4-5-11(6-10(9)2)20-14-7-12(18-15)16-13(17-14)8-19-3/h4-7H,8,15H2,1-3H3,(H,16,17,18). The SMILES string of the molecule is COCc1nc(NN)cc(Oc2ccc(C)c(C)c2)n1. The lowest BCUT2D eigenvalue weighted by molar-refractivity contribution is 0.177. The monoisotopic (exact) mass is 274 g/mol. The Labute approximate surface area is 117 Å². The molecule has 1 aromatic heterocycles. The number of nitrogen functional groups attached to an aromatic ring is 1. The molecule has 106 valence electrons. The molecule has 0 saturated carbocycles. The Bertz CT molecular complexity index is 602. The van der Waals surface area contributed by atoms with E-state index in [-0.39, 0.29) is 0 Å². The largest absolute Gasteiger partial charge is 0.439 e. The van der Waals surface area contributed by atoms with Crippen molar-refractivity contribution in [2.45, 2.75) is 20.5 Å². The Hall–Kier alpha value is -2.18. The number of rotatable bonds is 5. The van der Waals surface area contributed by atoms with Gasteiger partial charge in [0.05, 0.1) is 0 Å². The van der Waals surface area contributed by atoms with Crippen LogP contribution in [0.5, 0.6) is 11.6 Å². The summed E-state index contributed by atoms with van der Waals surface area (Å²) in [6, 6.07) is 7.50. The molecule has 2 rings (SSSR count). The Morgan fingerprint density at radius 3 is 2.60 bits per heavy atom. The number of aryl methyl sites for hydroxylation is 2. The van der Waals surface area contributed by atoms with Gasteiger partial charge in [-0.3, -0.25) is 0 Å². The molecule has 6 nitrogen and oxygen atoms in total. The van der Waals surface area contributed by atoms with Gasteiger partial charge in [0.15, 0.2) is 5.82 Å². The number of nitrogens with one attached hydrogen (secondary N) is 1. The molecule has 0 bridgehead atoms. The summed E-state index contributed by atoms with van der Waals surface area (Å²) in [6.45, 7) is 4.38. The number of methoxy groups -OCH3 is 1. The van der Waals surface area contributed by atoms with Crippen molar-refractivity contribution < 1.29 is 9.47 Å². The Kier molecular flexibility index (Phi) is 4.49. The van der Waals surface area contributed by atoms with E-state index in [2.05, 4.69) is 22.3 Å². The molecule has 2 aromatic rings. The molecule has 0 unspecified atom stereocenters. The number of nitrogens with zero attached hydrogens (tertiary/aromatic N) is 2. The van der Waals surface area contributed by atoms with E-state index < -0.39 is 0 Å². The number of hydrogen-bond donors (Lipinski definition) is 2. The first kappa shape index (κ1) is 14.2. The fourth-order valence-electron chi connectivity index (χ4n) is 1.69. The maximum absolute atomic E-state index is 5.74. The van der Waals surface area contributed by atoms with E-state index >= 15 is 0 Å². The first-order valence-electron chi connectivity index (χ1n) is 6.21. The van der Waals surface area contributed by atoms with Crippen LogP contribution in [-0.2, 0) is 11.3 Å². The topological polar surface area (TPSA) is 82.3 Å². The van der Waals surface area contributed by atoms with E-state index in [9.17, 15) is 0 Å². The highest BCUT2D eigenvalue weighted by atomic mass is 16.5. The van der Waals surface area contributed by atoms with Crippen LogP contribution in [0.25, 0.3) is 0 Å². The van der Waals surface area contributed by atoms with Gasteiger partial charge in [0, 0.05) is 13.2 Å². The van der Waals surface area contributed by atoms with E-state index in [0.29, 0.717) is 24.1 Å². The van der Waals surface area contributed by atoms with Gasteiger partial charge < -0.3 is 14.9 Å². The number of aromatic nitrogens is 2. The highest BCUT2D eigenvalue weighted by Crippen LogP contribution is 2.23. The minimum atomic E-state index is 0.290. The van der Waals surface area contributed by atoms with Gasteiger partial charge in [-0.05, 0) is 37.1 Å². The zero-order chi connectivity index (χ0) is 14.5. The summed E-state index contributed by atoms with van der Waals surface area (Å²) in [5.41, 5.74) is 4.86. The van der Waals surface area contributed by atoms with Crippen LogP contribution < -0.4 is 16.0 Å². The predicted octanol–water partition coefficient (Wildman–Crippen LogP) is 2.32. The maximum atomic E-state index is 5.74. The summed E-state index contributed by atoms with van der Waals surface area (Å²) >= 11 is 0. The molecule has 0 atom stereocenters. The Balaban J connectivity index is 2.27. The quantitative estimate of drug-likeness (QED) is 0.643. The second kappa shape index (κ2) is 6.31. The van der Waals surface area contributed by atoms with E-state index in [1.807, 2.05) is 25.1 Å². The van der Waals surface area contributed by atoms with Gasteiger partial charge in [0.2, 0.25) is 5.88 Å². The molecule has 1 heterocycles. The first-order chi connectivity index (χ1) is 9.62. The Morgan fingerprint density at radius 2 is 1.95 bits per heavy atom. The predicted molar refractivity (Wildman–Crippen MR) is 76.5 cm³/mol. The van der Waals surface area contributed by atoms with E-state index in [1.54, 1.807) is 13.2 Å². The first-order valence-corrected chi connectivity index (χ1v) is 6.21. The lowest BCUT2D eigenvalue weighted by Crippen LogP contribution is -2.11. The molecule has 0 aliphatic rings. The summed E-state index contributed by atoms with van der Waals surface area (Å²) in [5.74, 6) is 7.50. The molecule has 0 saturated heterocycles. The van der Waals surface area contributed by atoms with Gasteiger partial charge in [-0.25, -0.2) is 10.8 Å². The van der Waals surface area contributed by atoms with E-state index in [0.717, 1.165) is 11.3 Å². The van der Waals surface area contributed by atoms with Crippen LogP contribution in [0.1, 0.15) is 17.0 Å². The van der Waals surface area contributed by atoms with Gasteiger partial charge in [-0.1, -0.05) is 6.07 Å². The van der Waals surface area contributed by atoms with Crippen LogP contribution in [0.15, 0.2) is 24.3 Å². The second-order valence-corrected chi connectivity index (χ2v) is 4.43. The van der Waals surface area contributed by atoms with Gasteiger partial charge in [-0.2, -0.15) is 4.98 Å². The van der Waals surface area contributed by atoms with Crippen molar-refractivity contribution in [2.75, 3.05) is 12.5 Å².